The standard InChI is InChI=1S/C24H39N5O4/c1-32-14-5-8-25-23(30)19-27-9-11-28(12-10-27)20-24(31)26-16-22-18-29(13-15-33-22)17-21-6-3-2-4-7-21/h2-4,6-7,22H,5,8-20H2,1H3,(H,25,30)(H,26,31). The molecule has 2 aliphatic rings. The molecule has 1 atom stereocenters. The SMILES string of the molecule is COCCCNC(=O)CN1CCN(CC(=O)NCC2CN(Cc3ccccc3)CCO2)CC1. The summed E-state index contributed by atoms with van der Waals surface area (Å²) in [6, 6.07) is 10.4. The lowest BCUT2D eigenvalue weighted by atomic mass is 10.2. The smallest absolute Gasteiger partial charge is 0.234 e. The molecule has 2 fully saturated rings. The lowest BCUT2D eigenvalue weighted by Gasteiger charge is -2.34. The molecule has 2 saturated heterocycles. The highest BCUT2D eigenvalue weighted by Crippen LogP contribution is 2.10. The molecule has 0 saturated carbocycles. The normalized spacial score (nSPS) is 20.5. The molecule has 0 aromatic heterocycles. The topological polar surface area (TPSA) is 86.4 Å². The zero-order valence-electron chi connectivity index (χ0n) is 19.8. The molecular weight excluding hydrogens is 422 g/mol. The minimum absolute atomic E-state index is 0.0191. The number of morpholine rings is 1. The molecule has 0 aliphatic carbocycles. The van der Waals surface area contributed by atoms with Gasteiger partial charge in [0.25, 0.3) is 0 Å². The van der Waals surface area contributed by atoms with E-state index in [4.69, 9.17) is 9.47 Å². The Morgan fingerprint density at radius 2 is 1.64 bits per heavy atom. The molecule has 9 nitrogen and oxygen atoms in total. The molecule has 2 aliphatic heterocycles. The molecule has 1 unspecified atom stereocenters. The molecule has 1 aromatic rings. The number of hydrogen-bond acceptors (Lipinski definition) is 7. The van der Waals surface area contributed by atoms with Crippen LogP contribution in [-0.2, 0) is 25.6 Å². The highest BCUT2D eigenvalue weighted by Gasteiger charge is 2.23. The van der Waals surface area contributed by atoms with Crippen LogP contribution in [0.5, 0.6) is 0 Å². The molecule has 0 bridgehead atoms. The summed E-state index contributed by atoms with van der Waals surface area (Å²) in [5, 5.41) is 5.96. The predicted molar refractivity (Wildman–Crippen MR) is 127 cm³/mol. The average Bonchev–Trinajstić information content (AvgIpc) is 2.83. The Hall–Kier alpha value is -2.04. The molecule has 2 N–H and O–H groups in total. The maximum absolute atomic E-state index is 12.4. The van der Waals surface area contributed by atoms with Crippen molar-refractivity contribution >= 4 is 11.8 Å². The van der Waals surface area contributed by atoms with Gasteiger partial charge in [0, 0.05) is 72.6 Å². The monoisotopic (exact) mass is 461 g/mol. The summed E-state index contributed by atoms with van der Waals surface area (Å²) in [5.74, 6) is 0.0780. The zero-order valence-corrected chi connectivity index (χ0v) is 19.8. The van der Waals surface area contributed by atoms with E-state index < -0.39 is 0 Å². The second kappa shape index (κ2) is 14.3. The molecule has 0 spiro atoms. The van der Waals surface area contributed by atoms with Crippen molar-refractivity contribution in [1.82, 2.24) is 25.3 Å². The number of ether oxygens (including phenoxy) is 2. The van der Waals surface area contributed by atoms with Crippen LogP contribution in [0.4, 0.5) is 0 Å². The number of nitrogens with zero attached hydrogens (tertiary/aromatic N) is 3. The lowest BCUT2D eigenvalue weighted by molar-refractivity contribution is -0.125. The summed E-state index contributed by atoms with van der Waals surface area (Å²) in [5.41, 5.74) is 1.30. The lowest BCUT2D eigenvalue weighted by Crippen LogP contribution is -2.52. The number of methoxy groups -OCH3 is 1. The van der Waals surface area contributed by atoms with Gasteiger partial charge in [0.1, 0.15) is 0 Å². The average molecular weight is 462 g/mol. The van der Waals surface area contributed by atoms with E-state index in [9.17, 15) is 9.59 Å². The van der Waals surface area contributed by atoms with Crippen LogP contribution < -0.4 is 10.6 Å². The summed E-state index contributed by atoms with van der Waals surface area (Å²) in [6.45, 7) is 9.11. The first kappa shape index (κ1) is 25.6. The highest BCUT2D eigenvalue weighted by molar-refractivity contribution is 5.78. The predicted octanol–water partition coefficient (Wildman–Crippen LogP) is -0.226. The Balaban J connectivity index is 1.27. The number of carbonyl (C=O) groups excluding carboxylic acids is 2. The van der Waals surface area contributed by atoms with E-state index in [1.807, 2.05) is 6.07 Å². The Labute approximate surface area is 197 Å². The van der Waals surface area contributed by atoms with Crippen LogP contribution in [0.3, 0.4) is 0 Å². The van der Waals surface area contributed by atoms with E-state index in [0.717, 1.165) is 52.2 Å². The summed E-state index contributed by atoms with van der Waals surface area (Å²) < 4.78 is 10.8. The van der Waals surface area contributed by atoms with Gasteiger partial charge in [-0.05, 0) is 12.0 Å². The van der Waals surface area contributed by atoms with Gasteiger partial charge in [0.15, 0.2) is 0 Å². The van der Waals surface area contributed by atoms with Crippen molar-refractivity contribution in [1.29, 1.82) is 0 Å². The molecule has 2 amide bonds. The quantitative estimate of drug-likeness (QED) is 0.416. The van der Waals surface area contributed by atoms with Gasteiger partial charge in [0.05, 0.1) is 25.8 Å². The number of benzene rings is 1. The first-order valence-electron chi connectivity index (χ1n) is 12.0. The Bertz CT molecular complexity index is 712. The first-order valence-corrected chi connectivity index (χ1v) is 12.0. The third-order valence-corrected chi connectivity index (χ3v) is 6.05. The molecule has 3 rings (SSSR count). The number of amides is 2. The molecule has 0 radical (unpaired) electrons. The van der Waals surface area contributed by atoms with Crippen LogP contribution in [0, 0.1) is 0 Å². The van der Waals surface area contributed by atoms with Gasteiger partial charge in [-0.3, -0.25) is 24.3 Å². The number of piperazine rings is 1. The number of hydrogen-bond donors (Lipinski definition) is 2. The third kappa shape index (κ3) is 9.77. The fourth-order valence-corrected chi connectivity index (χ4v) is 4.18. The van der Waals surface area contributed by atoms with E-state index >= 15 is 0 Å². The van der Waals surface area contributed by atoms with Gasteiger partial charge in [-0.2, -0.15) is 0 Å². The van der Waals surface area contributed by atoms with Crippen LogP contribution in [0.1, 0.15) is 12.0 Å². The molecule has 9 heteroatoms. The van der Waals surface area contributed by atoms with Crippen LogP contribution in [0.25, 0.3) is 0 Å². The Morgan fingerprint density at radius 1 is 0.970 bits per heavy atom. The summed E-state index contributed by atoms with van der Waals surface area (Å²) in [4.78, 5) is 31.1. The molecule has 2 heterocycles. The van der Waals surface area contributed by atoms with Gasteiger partial charge in [-0.25, -0.2) is 0 Å². The number of carbonyl (C=O) groups is 2. The fraction of sp³-hybridized carbons (Fsp3) is 0.667. The maximum atomic E-state index is 12.4. The van der Waals surface area contributed by atoms with Gasteiger partial charge in [-0.15, -0.1) is 0 Å². The summed E-state index contributed by atoms with van der Waals surface area (Å²) in [7, 11) is 1.66. The van der Waals surface area contributed by atoms with Crippen molar-refractivity contribution in [3.8, 4) is 0 Å². The van der Waals surface area contributed by atoms with Gasteiger partial charge >= 0.3 is 0 Å². The van der Waals surface area contributed by atoms with Crippen molar-refractivity contribution in [3.05, 3.63) is 35.9 Å². The minimum atomic E-state index is 0.0191. The van der Waals surface area contributed by atoms with Crippen molar-refractivity contribution in [2.75, 3.05) is 85.8 Å². The zero-order chi connectivity index (χ0) is 23.3. The molecule has 1 aromatic carbocycles. The first-order chi connectivity index (χ1) is 16.1. The van der Waals surface area contributed by atoms with Gasteiger partial charge in [0.2, 0.25) is 11.8 Å². The molecule has 184 valence electrons. The van der Waals surface area contributed by atoms with Crippen LogP contribution >= 0.6 is 0 Å². The van der Waals surface area contributed by atoms with Crippen molar-refractivity contribution in [2.24, 2.45) is 0 Å². The Morgan fingerprint density at radius 3 is 2.30 bits per heavy atom. The van der Waals surface area contributed by atoms with Crippen molar-refractivity contribution < 1.29 is 19.1 Å². The van der Waals surface area contributed by atoms with E-state index in [1.165, 1.54) is 5.56 Å². The van der Waals surface area contributed by atoms with Crippen molar-refractivity contribution in [3.63, 3.8) is 0 Å². The van der Waals surface area contributed by atoms with E-state index in [0.29, 0.717) is 39.4 Å². The second-order valence-electron chi connectivity index (χ2n) is 8.77. The van der Waals surface area contributed by atoms with Crippen LogP contribution in [-0.4, -0.2) is 118 Å². The van der Waals surface area contributed by atoms with E-state index in [-0.39, 0.29) is 17.9 Å². The van der Waals surface area contributed by atoms with E-state index in [1.54, 1.807) is 7.11 Å². The van der Waals surface area contributed by atoms with Crippen LogP contribution in [0.15, 0.2) is 30.3 Å². The van der Waals surface area contributed by atoms with Gasteiger partial charge < -0.3 is 20.1 Å². The summed E-state index contributed by atoms with van der Waals surface area (Å²) in [6.07, 6.45) is 0.841. The second-order valence-corrected chi connectivity index (χ2v) is 8.77. The molecule has 33 heavy (non-hydrogen) atoms. The van der Waals surface area contributed by atoms with Crippen LogP contribution in [0.2, 0.25) is 0 Å². The van der Waals surface area contributed by atoms with Crippen molar-refractivity contribution in [2.45, 2.75) is 19.1 Å². The fourth-order valence-electron chi connectivity index (χ4n) is 4.18. The van der Waals surface area contributed by atoms with E-state index in [2.05, 4.69) is 49.6 Å². The Kier molecular flexibility index (Phi) is 11.1. The minimum Gasteiger partial charge on any atom is -0.385 e. The highest BCUT2D eigenvalue weighted by atomic mass is 16.5. The van der Waals surface area contributed by atoms with Gasteiger partial charge in [-0.1, -0.05) is 30.3 Å². The third-order valence-electron chi connectivity index (χ3n) is 6.05. The maximum Gasteiger partial charge on any atom is 0.234 e. The largest absolute Gasteiger partial charge is 0.385 e. The summed E-state index contributed by atoms with van der Waals surface area (Å²) >= 11 is 0. The number of rotatable bonds is 12. The number of nitrogens with one attached hydrogen (secondary N) is 2. The molecular formula is C24H39N5O4.